The summed E-state index contributed by atoms with van der Waals surface area (Å²) in [5.41, 5.74) is 3.71. The van der Waals surface area contributed by atoms with E-state index in [4.69, 9.17) is 4.74 Å². The molecule has 0 bridgehead atoms. The molecule has 0 saturated heterocycles. The smallest absolute Gasteiger partial charge is 0.189 e. The Labute approximate surface area is 111 Å². The van der Waals surface area contributed by atoms with E-state index in [2.05, 4.69) is 4.98 Å². The second kappa shape index (κ2) is 4.76. The van der Waals surface area contributed by atoms with Gasteiger partial charge in [0, 0.05) is 23.0 Å². The summed E-state index contributed by atoms with van der Waals surface area (Å²) in [6.45, 7) is 0. The van der Waals surface area contributed by atoms with Gasteiger partial charge in [0.15, 0.2) is 5.78 Å². The molecule has 1 heterocycles. The normalized spacial score (nSPS) is 16.5. The van der Waals surface area contributed by atoms with Crippen molar-refractivity contribution in [1.82, 2.24) is 4.98 Å². The second-order valence-electron chi connectivity index (χ2n) is 4.65. The number of aromatic nitrogens is 1. The van der Waals surface area contributed by atoms with Crippen LogP contribution in [0.25, 0.3) is 6.08 Å². The lowest BCUT2D eigenvalue weighted by atomic mass is 9.86. The molecule has 1 N–H and O–H groups in total. The van der Waals surface area contributed by atoms with Gasteiger partial charge >= 0.3 is 0 Å². The number of fused-ring (bicyclic) bond motifs is 1. The number of carbonyl (C=O) groups is 1. The summed E-state index contributed by atoms with van der Waals surface area (Å²) < 4.78 is 5.20. The Balaban J connectivity index is 1.96. The van der Waals surface area contributed by atoms with E-state index in [0.717, 1.165) is 41.0 Å². The van der Waals surface area contributed by atoms with Crippen LogP contribution >= 0.6 is 0 Å². The number of H-pyrrole nitrogens is 1. The van der Waals surface area contributed by atoms with Crippen molar-refractivity contribution in [3.8, 4) is 5.75 Å². The topological polar surface area (TPSA) is 42.1 Å². The Morgan fingerprint density at radius 1 is 1.26 bits per heavy atom. The van der Waals surface area contributed by atoms with Crippen molar-refractivity contribution in [2.75, 3.05) is 7.11 Å². The number of benzene rings is 1. The summed E-state index contributed by atoms with van der Waals surface area (Å²) in [4.78, 5) is 15.5. The molecule has 1 aliphatic rings. The molecule has 19 heavy (non-hydrogen) atoms. The van der Waals surface area contributed by atoms with Gasteiger partial charge in [0.05, 0.1) is 7.11 Å². The zero-order valence-corrected chi connectivity index (χ0v) is 10.8. The first-order valence-electron chi connectivity index (χ1n) is 6.33. The fourth-order valence-electron chi connectivity index (χ4n) is 2.44. The summed E-state index contributed by atoms with van der Waals surface area (Å²) in [7, 11) is 1.64. The molecule has 0 saturated carbocycles. The van der Waals surface area contributed by atoms with Crippen molar-refractivity contribution in [2.45, 2.75) is 12.8 Å². The van der Waals surface area contributed by atoms with Gasteiger partial charge in [-0.2, -0.15) is 0 Å². The first kappa shape index (κ1) is 11.8. The zero-order chi connectivity index (χ0) is 13.2. The maximum atomic E-state index is 12.4. The van der Waals surface area contributed by atoms with Gasteiger partial charge in [0.2, 0.25) is 0 Å². The third kappa shape index (κ3) is 2.19. The standard InChI is InChI=1S/C16H15NO2/c1-19-14-6-7-15-11(10-14)4-5-12(16(15)18)9-13-3-2-8-17-13/h2-3,6-10,17H,4-5H2,1H3/b12-9+. The van der Waals surface area contributed by atoms with Gasteiger partial charge in [-0.3, -0.25) is 4.79 Å². The highest BCUT2D eigenvalue weighted by Gasteiger charge is 2.22. The van der Waals surface area contributed by atoms with Crippen LogP contribution in [0.4, 0.5) is 0 Å². The largest absolute Gasteiger partial charge is 0.497 e. The number of nitrogens with one attached hydrogen (secondary N) is 1. The molecule has 0 spiro atoms. The molecule has 0 radical (unpaired) electrons. The fraction of sp³-hybridized carbons (Fsp3) is 0.188. The van der Waals surface area contributed by atoms with Crippen LogP contribution in [0.15, 0.2) is 42.1 Å². The molecule has 96 valence electrons. The van der Waals surface area contributed by atoms with Gasteiger partial charge in [-0.1, -0.05) is 0 Å². The number of ketones is 1. The number of hydrogen-bond acceptors (Lipinski definition) is 2. The Kier molecular flexibility index (Phi) is 2.95. The number of methoxy groups -OCH3 is 1. The first-order valence-corrected chi connectivity index (χ1v) is 6.33. The number of carbonyl (C=O) groups excluding carboxylic acids is 1. The quantitative estimate of drug-likeness (QED) is 0.835. The lowest BCUT2D eigenvalue weighted by Gasteiger charge is -2.18. The maximum Gasteiger partial charge on any atom is 0.189 e. The highest BCUT2D eigenvalue weighted by atomic mass is 16.5. The predicted octanol–water partition coefficient (Wildman–Crippen LogP) is 3.24. The second-order valence-corrected chi connectivity index (χ2v) is 4.65. The highest BCUT2D eigenvalue weighted by Crippen LogP contribution is 2.29. The van der Waals surface area contributed by atoms with E-state index in [0.29, 0.717) is 0 Å². The monoisotopic (exact) mass is 253 g/mol. The minimum atomic E-state index is 0.124. The van der Waals surface area contributed by atoms with Crippen LogP contribution in [0.2, 0.25) is 0 Å². The molecular formula is C16H15NO2. The molecule has 3 nitrogen and oxygen atoms in total. The number of Topliss-reactive ketones (excluding diaryl/α,β-unsaturated/α-hetero) is 1. The highest BCUT2D eigenvalue weighted by molar-refractivity contribution is 6.13. The SMILES string of the molecule is COc1ccc2c(c1)CC/C(=C\c1ccc[nH]1)C2=O. The van der Waals surface area contributed by atoms with Crippen molar-refractivity contribution in [1.29, 1.82) is 0 Å². The van der Waals surface area contributed by atoms with E-state index in [1.165, 1.54) is 0 Å². The minimum absolute atomic E-state index is 0.124. The molecule has 3 heteroatoms. The van der Waals surface area contributed by atoms with E-state index in [1.807, 2.05) is 42.6 Å². The minimum Gasteiger partial charge on any atom is -0.497 e. The molecule has 1 aliphatic carbocycles. The van der Waals surface area contributed by atoms with Gasteiger partial charge in [0.25, 0.3) is 0 Å². The van der Waals surface area contributed by atoms with E-state index >= 15 is 0 Å². The molecule has 2 aromatic rings. The van der Waals surface area contributed by atoms with Gasteiger partial charge in [0.1, 0.15) is 5.75 Å². The Bertz CT molecular complexity index is 639. The Morgan fingerprint density at radius 3 is 2.89 bits per heavy atom. The van der Waals surface area contributed by atoms with Crippen molar-refractivity contribution in [3.63, 3.8) is 0 Å². The molecule has 3 rings (SSSR count). The third-order valence-electron chi connectivity index (χ3n) is 3.46. The average molecular weight is 253 g/mol. The molecule has 0 unspecified atom stereocenters. The lowest BCUT2D eigenvalue weighted by Crippen LogP contribution is -2.14. The summed E-state index contributed by atoms with van der Waals surface area (Å²) in [6.07, 6.45) is 5.46. The van der Waals surface area contributed by atoms with Crippen molar-refractivity contribution in [2.24, 2.45) is 0 Å². The third-order valence-corrected chi connectivity index (χ3v) is 3.46. The van der Waals surface area contributed by atoms with Crippen LogP contribution in [-0.4, -0.2) is 17.9 Å². The molecule has 0 aliphatic heterocycles. The van der Waals surface area contributed by atoms with E-state index in [9.17, 15) is 4.79 Å². The lowest BCUT2D eigenvalue weighted by molar-refractivity contribution is 0.102. The molecule has 0 atom stereocenters. The Morgan fingerprint density at radius 2 is 2.16 bits per heavy atom. The van der Waals surface area contributed by atoms with Crippen LogP contribution < -0.4 is 4.74 Å². The Hall–Kier alpha value is -2.29. The first-order chi connectivity index (χ1) is 9.28. The van der Waals surface area contributed by atoms with Crippen LogP contribution in [0.5, 0.6) is 5.75 Å². The fourth-order valence-corrected chi connectivity index (χ4v) is 2.44. The molecule has 0 fully saturated rings. The molecule has 0 amide bonds. The molecular weight excluding hydrogens is 238 g/mol. The number of aryl methyl sites for hydroxylation is 1. The molecule has 1 aromatic carbocycles. The summed E-state index contributed by atoms with van der Waals surface area (Å²) in [5, 5.41) is 0. The summed E-state index contributed by atoms with van der Waals surface area (Å²) >= 11 is 0. The number of rotatable bonds is 2. The van der Waals surface area contributed by atoms with Gasteiger partial charge < -0.3 is 9.72 Å². The van der Waals surface area contributed by atoms with Gasteiger partial charge in [-0.25, -0.2) is 0 Å². The predicted molar refractivity (Wildman–Crippen MR) is 74.4 cm³/mol. The number of allylic oxidation sites excluding steroid dienone is 1. The maximum absolute atomic E-state index is 12.4. The van der Waals surface area contributed by atoms with Crippen molar-refractivity contribution >= 4 is 11.9 Å². The number of hydrogen-bond donors (Lipinski definition) is 1. The zero-order valence-electron chi connectivity index (χ0n) is 10.8. The average Bonchev–Trinajstić information content (AvgIpc) is 2.94. The van der Waals surface area contributed by atoms with E-state index in [-0.39, 0.29) is 5.78 Å². The van der Waals surface area contributed by atoms with E-state index < -0.39 is 0 Å². The van der Waals surface area contributed by atoms with Crippen LogP contribution in [-0.2, 0) is 6.42 Å². The van der Waals surface area contributed by atoms with E-state index in [1.54, 1.807) is 7.11 Å². The van der Waals surface area contributed by atoms with Gasteiger partial charge in [-0.15, -0.1) is 0 Å². The number of ether oxygens (including phenoxy) is 1. The van der Waals surface area contributed by atoms with Crippen molar-refractivity contribution < 1.29 is 9.53 Å². The summed E-state index contributed by atoms with van der Waals surface area (Å²) in [6, 6.07) is 9.55. The van der Waals surface area contributed by atoms with Gasteiger partial charge in [-0.05, 0) is 54.8 Å². The van der Waals surface area contributed by atoms with Crippen molar-refractivity contribution in [3.05, 3.63) is 58.9 Å². The van der Waals surface area contributed by atoms with Crippen LogP contribution in [0, 0.1) is 0 Å². The summed E-state index contributed by atoms with van der Waals surface area (Å²) in [5.74, 6) is 0.932. The molecule has 1 aromatic heterocycles. The number of aromatic amines is 1. The van der Waals surface area contributed by atoms with Crippen LogP contribution in [0.1, 0.15) is 28.0 Å². The van der Waals surface area contributed by atoms with Crippen LogP contribution in [0.3, 0.4) is 0 Å².